The van der Waals surface area contributed by atoms with Crippen LogP contribution >= 0.6 is 0 Å². The highest BCUT2D eigenvalue weighted by Gasteiger charge is 2.25. The van der Waals surface area contributed by atoms with Crippen molar-refractivity contribution in [2.75, 3.05) is 12.3 Å². The Labute approximate surface area is 161 Å². The number of aliphatic hydroxyl groups excluding tert-OH is 1. The van der Waals surface area contributed by atoms with Gasteiger partial charge in [0.2, 0.25) is 0 Å². The third kappa shape index (κ3) is 3.59. The van der Waals surface area contributed by atoms with Gasteiger partial charge >= 0.3 is 0 Å². The summed E-state index contributed by atoms with van der Waals surface area (Å²) in [6.45, 7) is 0.258. The molecule has 0 atom stereocenters. The fraction of sp³-hybridized carbons (Fsp3) is 0.286. The molecule has 3 aromatic rings. The van der Waals surface area contributed by atoms with E-state index in [-0.39, 0.29) is 23.8 Å². The van der Waals surface area contributed by atoms with Gasteiger partial charge in [0.15, 0.2) is 5.78 Å². The van der Waals surface area contributed by atoms with Crippen molar-refractivity contribution in [2.45, 2.75) is 25.8 Å². The molecule has 2 heterocycles. The average Bonchev–Trinajstić information content (AvgIpc) is 3.42. The molecule has 0 unspecified atom stereocenters. The van der Waals surface area contributed by atoms with Gasteiger partial charge in [-0.15, -0.1) is 0 Å². The van der Waals surface area contributed by atoms with E-state index < -0.39 is 5.82 Å². The smallest absolute Gasteiger partial charge is 0.163 e. The van der Waals surface area contributed by atoms with Crippen LogP contribution in [-0.2, 0) is 6.54 Å². The molecule has 1 aliphatic carbocycles. The summed E-state index contributed by atoms with van der Waals surface area (Å²) in [4.78, 5) is 20.5. The van der Waals surface area contributed by atoms with Crippen molar-refractivity contribution in [1.82, 2.24) is 14.5 Å². The van der Waals surface area contributed by atoms with Crippen molar-refractivity contribution in [1.29, 1.82) is 0 Å². The van der Waals surface area contributed by atoms with E-state index >= 15 is 0 Å². The molecule has 0 radical (unpaired) electrons. The van der Waals surface area contributed by atoms with Crippen LogP contribution in [-0.4, -0.2) is 32.0 Å². The Bertz CT molecular complexity index is 1120. The predicted octanol–water partition coefficient (Wildman–Crippen LogP) is 2.53. The Morgan fingerprint density at radius 1 is 1.29 bits per heavy atom. The maximum atomic E-state index is 14.2. The number of rotatable bonds is 5. The number of hydrogen-bond acceptors (Lipinski definition) is 5. The van der Waals surface area contributed by atoms with Crippen molar-refractivity contribution < 1.29 is 14.3 Å². The van der Waals surface area contributed by atoms with E-state index in [1.54, 1.807) is 10.8 Å². The first-order valence-electron chi connectivity index (χ1n) is 9.11. The molecular weight excluding hydrogens is 359 g/mol. The second-order valence-corrected chi connectivity index (χ2v) is 6.93. The van der Waals surface area contributed by atoms with Gasteiger partial charge in [0, 0.05) is 24.7 Å². The summed E-state index contributed by atoms with van der Waals surface area (Å²) in [5.74, 6) is 5.98. The lowest BCUT2D eigenvalue weighted by Crippen LogP contribution is -2.02. The van der Waals surface area contributed by atoms with Crippen LogP contribution in [0.15, 0.2) is 30.7 Å². The molecule has 2 aromatic heterocycles. The van der Waals surface area contributed by atoms with Gasteiger partial charge in [-0.1, -0.05) is 11.8 Å². The number of aliphatic hydroxyl groups is 1. The SMILES string of the molecule is Nc1ncnc2c1c(C#Cc1cc(C(=O)CC3CC3)ccc1F)cn2CCO. The fourth-order valence-electron chi connectivity index (χ4n) is 3.15. The number of aromatic nitrogens is 3. The van der Waals surface area contributed by atoms with Crippen LogP contribution in [0.1, 0.15) is 40.7 Å². The standard InChI is InChI=1S/C21H19FN4O2/c22-17-6-5-15(18(28)9-13-1-2-13)10-14(17)3-4-16-11-26(7-8-27)21-19(16)20(23)24-12-25-21/h5-6,10-13,27H,1-2,7-9H2,(H2,23,24,25). The molecule has 0 saturated heterocycles. The Kier molecular flexibility index (Phi) is 4.80. The van der Waals surface area contributed by atoms with Gasteiger partial charge in [0.05, 0.1) is 23.1 Å². The minimum absolute atomic E-state index is 0.0164. The third-order valence-corrected chi connectivity index (χ3v) is 4.81. The Balaban J connectivity index is 1.72. The summed E-state index contributed by atoms with van der Waals surface area (Å²) in [6, 6.07) is 4.28. The summed E-state index contributed by atoms with van der Waals surface area (Å²) in [5.41, 5.74) is 7.69. The minimum Gasteiger partial charge on any atom is -0.395 e. The van der Waals surface area contributed by atoms with Crippen LogP contribution in [0.3, 0.4) is 0 Å². The normalized spacial score (nSPS) is 13.4. The Hall–Kier alpha value is -3.24. The summed E-state index contributed by atoms with van der Waals surface area (Å²) in [6.07, 6.45) is 5.72. The number of ketones is 1. The molecule has 4 rings (SSSR count). The van der Waals surface area contributed by atoms with E-state index in [9.17, 15) is 14.3 Å². The number of nitrogens with two attached hydrogens (primary N) is 1. The maximum absolute atomic E-state index is 14.2. The highest BCUT2D eigenvalue weighted by molar-refractivity contribution is 5.97. The third-order valence-electron chi connectivity index (χ3n) is 4.81. The van der Waals surface area contributed by atoms with Gasteiger partial charge in [0.25, 0.3) is 0 Å². The Morgan fingerprint density at radius 3 is 2.82 bits per heavy atom. The summed E-state index contributed by atoms with van der Waals surface area (Å²) >= 11 is 0. The first-order valence-corrected chi connectivity index (χ1v) is 9.11. The summed E-state index contributed by atoms with van der Waals surface area (Å²) in [5, 5.41) is 9.80. The lowest BCUT2D eigenvalue weighted by atomic mass is 10.0. The number of Topliss-reactive ketones (excluding diaryl/α,β-unsaturated/α-hetero) is 1. The van der Waals surface area contributed by atoms with E-state index in [0.29, 0.717) is 41.0 Å². The van der Waals surface area contributed by atoms with Crippen molar-refractivity contribution >= 4 is 22.6 Å². The number of nitrogens with zero attached hydrogens (tertiary/aromatic N) is 3. The van der Waals surface area contributed by atoms with E-state index in [1.165, 1.54) is 24.5 Å². The molecular formula is C21H19FN4O2. The second-order valence-electron chi connectivity index (χ2n) is 6.93. The molecule has 6 nitrogen and oxygen atoms in total. The number of halogens is 1. The van der Waals surface area contributed by atoms with Gasteiger partial charge in [-0.05, 0) is 37.0 Å². The van der Waals surface area contributed by atoms with E-state index in [0.717, 1.165) is 12.8 Å². The number of hydrogen-bond donors (Lipinski definition) is 2. The molecule has 0 spiro atoms. The van der Waals surface area contributed by atoms with E-state index in [1.807, 2.05) is 0 Å². The number of fused-ring (bicyclic) bond motifs is 1. The quantitative estimate of drug-likeness (QED) is 0.526. The predicted molar refractivity (Wildman–Crippen MR) is 103 cm³/mol. The number of anilines is 1. The monoisotopic (exact) mass is 378 g/mol. The molecule has 0 bridgehead atoms. The maximum Gasteiger partial charge on any atom is 0.163 e. The van der Waals surface area contributed by atoms with Gasteiger partial charge in [-0.2, -0.15) is 0 Å². The first kappa shape index (κ1) is 18.1. The van der Waals surface area contributed by atoms with Crippen LogP contribution < -0.4 is 5.73 Å². The topological polar surface area (TPSA) is 94.0 Å². The lowest BCUT2D eigenvalue weighted by molar-refractivity contribution is 0.0976. The van der Waals surface area contributed by atoms with Crippen molar-refractivity contribution in [3.63, 3.8) is 0 Å². The molecule has 7 heteroatoms. The van der Waals surface area contributed by atoms with Crippen molar-refractivity contribution in [2.24, 2.45) is 5.92 Å². The lowest BCUT2D eigenvalue weighted by Gasteiger charge is -2.01. The molecule has 142 valence electrons. The van der Waals surface area contributed by atoms with Crippen LogP contribution in [0, 0.1) is 23.6 Å². The zero-order valence-corrected chi connectivity index (χ0v) is 15.2. The minimum atomic E-state index is -0.487. The van der Waals surface area contributed by atoms with Gasteiger partial charge < -0.3 is 15.4 Å². The Morgan fingerprint density at radius 2 is 2.07 bits per heavy atom. The summed E-state index contributed by atoms with van der Waals surface area (Å²) in [7, 11) is 0. The van der Waals surface area contributed by atoms with Crippen molar-refractivity contribution in [3.05, 3.63) is 53.2 Å². The van der Waals surface area contributed by atoms with Crippen LogP contribution in [0.4, 0.5) is 10.2 Å². The van der Waals surface area contributed by atoms with Gasteiger partial charge in [-0.25, -0.2) is 14.4 Å². The zero-order valence-electron chi connectivity index (χ0n) is 15.2. The number of carbonyl (C=O) groups excluding carboxylic acids is 1. The summed E-state index contributed by atoms with van der Waals surface area (Å²) < 4.78 is 16.0. The molecule has 0 amide bonds. The molecule has 1 aromatic carbocycles. The van der Waals surface area contributed by atoms with E-state index in [4.69, 9.17) is 5.73 Å². The molecule has 1 aliphatic rings. The van der Waals surface area contributed by atoms with E-state index in [2.05, 4.69) is 21.8 Å². The molecule has 0 aliphatic heterocycles. The number of nitrogen functional groups attached to an aromatic ring is 1. The molecule has 3 N–H and O–H groups in total. The first-order chi connectivity index (χ1) is 13.6. The van der Waals surface area contributed by atoms with Gasteiger partial charge in [-0.3, -0.25) is 4.79 Å². The largest absolute Gasteiger partial charge is 0.395 e. The highest BCUT2D eigenvalue weighted by Crippen LogP contribution is 2.33. The highest BCUT2D eigenvalue weighted by atomic mass is 19.1. The van der Waals surface area contributed by atoms with Crippen LogP contribution in [0.25, 0.3) is 11.0 Å². The van der Waals surface area contributed by atoms with Gasteiger partial charge in [0.1, 0.15) is 23.6 Å². The molecule has 1 fully saturated rings. The zero-order chi connectivity index (χ0) is 19.7. The average molecular weight is 378 g/mol. The number of benzene rings is 1. The molecule has 1 saturated carbocycles. The second kappa shape index (κ2) is 7.41. The fourth-order valence-corrected chi connectivity index (χ4v) is 3.15. The van der Waals surface area contributed by atoms with Crippen LogP contribution in [0.5, 0.6) is 0 Å². The number of carbonyl (C=O) groups is 1. The van der Waals surface area contributed by atoms with Crippen molar-refractivity contribution in [3.8, 4) is 11.8 Å². The molecule has 28 heavy (non-hydrogen) atoms. The van der Waals surface area contributed by atoms with Crippen LogP contribution in [0.2, 0.25) is 0 Å².